The van der Waals surface area contributed by atoms with E-state index in [2.05, 4.69) is 11.6 Å². The average Bonchev–Trinajstić information content (AvgIpc) is 2.31. The molecule has 2 heterocycles. The normalized spacial score (nSPS) is 11.7. The van der Waals surface area contributed by atoms with Gasteiger partial charge in [0.25, 0.3) is 0 Å². The molecule has 6 heteroatoms. The lowest BCUT2D eigenvalue weighted by Crippen LogP contribution is -2.16. The number of pyridine rings is 2. The number of nitrogens with zero attached hydrogens (tertiary/aromatic N) is 2. The van der Waals surface area contributed by atoms with Gasteiger partial charge >= 0.3 is 6.18 Å². The summed E-state index contributed by atoms with van der Waals surface area (Å²) in [7, 11) is 0. The van der Waals surface area contributed by atoms with Crippen LogP contribution in [0, 0.1) is 0 Å². The molecule has 0 aliphatic rings. The Kier molecular flexibility index (Phi) is 2.94. The summed E-state index contributed by atoms with van der Waals surface area (Å²) in [5.41, 5.74) is -1.64. The lowest BCUT2D eigenvalue weighted by Gasteiger charge is -2.12. The van der Waals surface area contributed by atoms with E-state index >= 15 is 0 Å². The fourth-order valence-corrected chi connectivity index (χ4v) is 1.77. The van der Waals surface area contributed by atoms with E-state index in [9.17, 15) is 18.0 Å². The van der Waals surface area contributed by atoms with Crippen LogP contribution in [0.3, 0.4) is 0 Å². The van der Waals surface area contributed by atoms with Gasteiger partial charge in [0.05, 0.1) is 10.9 Å². The van der Waals surface area contributed by atoms with Gasteiger partial charge < -0.3 is 4.57 Å². The molecule has 0 radical (unpaired) electrons. The molecule has 0 saturated carbocycles. The van der Waals surface area contributed by atoms with Crippen LogP contribution in [0.5, 0.6) is 0 Å². The van der Waals surface area contributed by atoms with Gasteiger partial charge in [-0.15, -0.1) is 6.58 Å². The largest absolute Gasteiger partial charge is 0.434 e. The maximum Gasteiger partial charge on any atom is 0.434 e. The lowest BCUT2D eigenvalue weighted by atomic mass is 10.2. The first-order valence-electron chi connectivity index (χ1n) is 5.11. The standard InChI is InChI=1S/C12H9F3N2O/c1-2-6-17-7-4-9(18)10-8(17)3-5-16-11(10)12(13,14)15/h2-5,7H,1,6H2. The number of rotatable bonds is 2. The SMILES string of the molecule is C=CCn1ccc(=O)c2c(C(F)(F)F)nccc21. The van der Waals surface area contributed by atoms with Crippen molar-refractivity contribution in [2.45, 2.75) is 12.7 Å². The predicted octanol–water partition coefficient (Wildman–Crippen LogP) is 2.60. The highest BCUT2D eigenvalue weighted by Gasteiger charge is 2.35. The maximum atomic E-state index is 12.8. The smallest absolute Gasteiger partial charge is 0.343 e. The van der Waals surface area contributed by atoms with Crippen LogP contribution in [0.15, 0.2) is 42.0 Å². The van der Waals surface area contributed by atoms with Crippen LogP contribution >= 0.6 is 0 Å². The maximum absolute atomic E-state index is 12.8. The minimum Gasteiger partial charge on any atom is -0.343 e. The van der Waals surface area contributed by atoms with Gasteiger partial charge in [-0.25, -0.2) is 0 Å². The number of allylic oxidation sites excluding steroid dienone is 1. The highest BCUT2D eigenvalue weighted by atomic mass is 19.4. The van der Waals surface area contributed by atoms with Gasteiger partial charge in [-0.3, -0.25) is 9.78 Å². The van der Waals surface area contributed by atoms with Gasteiger partial charge in [0, 0.05) is 25.0 Å². The lowest BCUT2D eigenvalue weighted by molar-refractivity contribution is -0.139. The third kappa shape index (κ3) is 2.01. The van der Waals surface area contributed by atoms with E-state index in [4.69, 9.17) is 0 Å². The van der Waals surface area contributed by atoms with Crippen LogP contribution in [-0.4, -0.2) is 9.55 Å². The zero-order valence-corrected chi connectivity index (χ0v) is 9.24. The Hall–Kier alpha value is -2.11. The van der Waals surface area contributed by atoms with Crippen LogP contribution in [0.4, 0.5) is 13.2 Å². The Bertz CT molecular complexity index is 658. The highest BCUT2D eigenvalue weighted by molar-refractivity contribution is 5.81. The molecule has 0 fully saturated rings. The molecule has 2 aromatic heterocycles. The summed E-state index contributed by atoms with van der Waals surface area (Å²) in [5.74, 6) is 0. The van der Waals surface area contributed by atoms with Crippen molar-refractivity contribution >= 4 is 10.9 Å². The minimum atomic E-state index is -4.65. The van der Waals surface area contributed by atoms with Crippen molar-refractivity contribution in [1.29, 1.82) is 0 Å². The van der Waals surface area contributed by atoms with Crippen molar-refractivity contribution in [3.63, 3.8) is 0 Å². The molecule has 18 heavy (non-hydrogen) atoms. The number of halogens is 3. The molecule has 94 valence electrons. The second-order valence-corrected chi connectivity index (χ2v) is 3.67. The Morgan fingerprint density at radius 2 is 2.11 bits per heavy atom. The molecule has 0 unspecified atom stereocenters. The molecule has 0 atom stereocenters. The second-order valence-electron chi connectivity index (χ2n) is 3.67. The summed E-state index contributed by atoms with van der Waals surface area (Å²) in [6.07, 6.45) is -0.625. The molecule has 0 saturated heterocycles. The third-order valence-corrected chi connectivity index (χ3v) is 2.48. The monoisotopic (exact) mass is 254 g/mol. The molecule has 3 nitrogen and oxygen atoms in total. The van der Waals surface area contributed by atoms with Crippen LogP contribution in [0.25, 0.3) is 10.9 Å². The summed E-state index contributed by atoms with van der Waals surface area (Å²) < 4.78 is 39.9. The molecule has 0 N–H and O–H groups in total. The first-order valence-corrected chi connectivity index (χ1v) is 5.11. The zero-order valence-electron chi connectivity index (χ0n) is 9.24. The Morgan fingerprint density at radius 3 is 2.72 bits per heavy atom. The van der Waals surface area contributed by atoms with Gasteiger partial charge in [-0.2, -0.15) is 13.2 Å². The molecule has 0 bridgehead atoms. The first-order chi connectivity index (χ1) is 8.45. The Morgan fingerprint density at radius 1 is 1.39 bits per heavy atom. The van der Waals surface area contributed by atoms with Gasteiger partial charge in [0.2, 0.25) is 0 Å². The molecule has 2 aromatic rings. The Labute approximate surface area is 100 Å². The van der Waals surface area contributed by atoms with Gasteiger partial charge in [0.1, 0.15) is 0 Å². The van der Waals surface area contributed by atoms with Crippen LogP contribution in [0.2, 0.25) is 0 Å². The van der Waals surface area contributed by atoms with Crippen molar-refractivity contribution in [3.05, 3.63) is 53.1 Å². The van der Waals surface area contributed by atoms with Gasteiger partial charge in [0.15, 0.2) is 11.1 Å². The van der Waals surface area contributed by atoms with E-state index < -0.39 is 22.7 Å². The van der Waals surface area contributed by atoms with Crippen LogP contribution in [-0.2, 0) is 12.7 Å². The molecular weight excluding hydrogens is 245 g/mol. The van der Waals surface area contributed by atoms with Crippen molar-refractivity contribution in [1.82, 2.24) is 9.55 Å². The quantitative estimate of drug-likeness (QED) is 0.772. The fourth-order valence-electron chi connectivity index (χ4n) is 1.77. The summed E-state index contributed by atoms with van der Waals surface area (Å²) in [4.78, 5) is 14.9. The van der Waals surface area contributed by atoms with E-state index in [1.54, 1.807) is 0 Å². The molecule has 0 aliphatic heterocycles. The first kappa shape index (κ1) is 12.3. The summed E-state index contributed by atoms with van der Waals surface area (Å²) in [6, 6.07) is 2.48. The van der Waals surface area contributed by atoms with E-state index in [1.807, 2.05) is 0 Å². The van der Waals surface area contributed by atoms with Gasteiger partial charge in [-0.1, -0.05) is 6.08 Å². The molecule has 0 aromatic carbocycles. The highest BCUT2D eigenvalue weighted by Crippen LogP contribution is 2.31. The van der Waals surface area contributed by atoms with Crippen molar-refractivity contribution < 1.29 is 13.2 Å². The molecule has 0 aliphatic carbocycles. The van der Waals surface area contributed by atoms with Crippen molar-refractivity contribution in [3.8, 4) is 0 Å². The number of alkyl halides is 3. The molecular formula is C12H9F3N2O. The number of fused-ring (bicyclic) bond motifs is 1. The van der Waals surface area contributed by atoms with E-state index in [1.165, 1.54) is 22.9 Å². The summed E-state index contributed by atoms with van der Waals surface area (Å²) in [5, 5.41) is -0.408. The topological polar surface area (TPSA) is 34.9 Å². The van der Waals surface area contributed by atoms with Crippen molar-refractivity contribution in [2.24, 2.45) is 0 Å². The third-order valence-electron chi connectivity index (χ3n) is 2.48. The molecule has 2 rings (SSSR count). The Balaban J connectivity index is 2.89. The number of hydrogen-bond acceptors (Lipinski definition) is 2. The van der Waals surface area contributed by atoms with E-state index in [-0.39, 0.29) is 5.52 Å². The number of hydrogen-bond donors (Lipinski definition) is 0. The predicted molar refractivity (Wildman–Crippen MR) is 61.2 cm³/mol. The minimum absolute atomic E-state index is 0.199. The van der Waals surface area contributed by atoms with Crippen LogP contribution < -0.4 is 5.43 Å². The van der Waals surface area contributed by atoms with E-state index in [0.717, 1.165) is 12.3 Å². The van der Waals surface area contributed by atoms with Crippen LogP contribution in [0.1, 0.15) is 5.69 Å². The zero-order chi connectivity index (χ0) is 13.3. The second kappa shape index (κ2) is 4.29. The number of aromatic nitrogens is 2. The average molecular weight is 254 g/mol. The fraction of sp³-hybridized carbons (Fsp3) is 0.167. The van der Waals surface area contributed by atoms with Gasteiger partial charge in [-0.05, 0) is 6.07 Å². The molecule has 0 spiro atoms. The van der Waals surface area contributed by atoms with Crippen molar-refractivity contribution in [2.75, 3.05) is 0 Å². The summed E-state index contributed by atoms with van der Waals surface area (Å²) >= 11 is 0. The van der Waals surface area contributed by atoms with E-state index in [0.29, 0.717) is 6.54 Å². The molecule has 0 amide bonds. The summed E-state index contributed by atoms with van der Waals surface area (Å²) in [6.45, 7) is 3.84.